The minimum absolute atomic E-state index is 0.654. The molecule has 1 atom stereocenters. The van der Waals surface area contributed by atoms with E-state index >= 15 is 0 Å². The van der Waals surface area contributed by atoms with Gasteiger partial charge in [0.1, 0.15) is 0 Å². The van der Waals surface area contributed by atoms with Crippen molar-refractivity contribution in [2.75, 3.05) is 18.5 Å². The molecule has 0 aliphatic heterocycles. The number of halogens is 1. The third kappa shape index (κ3) is 7.51. The molecule has 13 heavy (non-hydrogen) atoms. The number of hydrogen-bond acceptors (Lipinski definition) is 1. The number of ether oxygens (including phenoxy) is 1. The minimum Gasteiger partial charge on any atom is -0.381 e. The van der Waals surface area contributed by atoms with Gasteiger partial charge in [-0.15, -0.1) is 0 Å². The van der Waals surface area contributed by atoms with Crippen molar-refractivity contribution in [2.45, 2.75) is 34.1 Å². The molecule has 0 aliphatic carbocycles. The van der Waals surface area contributed by atoms with Gasteiger partial charge in [-0.1, -0.05) is 43.6 Å². The van der Waals surface area contributed by atoms with E-state index in [1.807, 2.05) is 0 Å². The zero-order chi connectivity index (χ0) is 10.3. The zero-order valence-corrected chi connectivity index (χ0v) is 10.9. The Balaban J connectivity index is 3.39. The first-order valence-electron chi connectivity index (χ1n) is 5.21. The van der Waals surface area contributed by atoms with Crippen molar-refractivity contribution in [1.82, 2.24) is 0 Å². The highest BCUT2D eigenvalue weighted by atomic mass is 79.9. The summed E-state index contributed by atoms with van der Waals surface area (Å²) in [6.45, 7) is 10.7. The van der Waals surface area contributed by atoms with Crippen LogP contribution in [0.5, 0.6) is 0 Å². The highest BCUT2D eigenvalue weighted by Crippen LogP contribution is 2.17. The standard InChI is InChI=1S/C11H23BrO/c1-9(2)8-13-6-5-11(7-12)10(3)4/h9-11H,5-8H2,1-4H3. The van der Waals surface area contributed by atoms with E-state index in [1.165, 1.54) is 6.42 Å². The summed E-state index contributed by atoms with van der Waals surface area (Å²) in [5.41, 5.74) is 0. The van der Waals surface area contributed by atoms with E-state index in [9.17, 15) is 0 Å². The molecule has 0 saturated carbocycles. The fourth-order valence-corrected chi connectivity index (χ4v) is 2.21. The molecule has 0 aromatic heterocycles. The molecule has 1 nitrogen and oxygen atoms in total. The van der Waals surface area contributed by atoms with Crippen LogP contribution >= 0.6 is 15.9 Å². The van der Waals surface area contributed by atoms with Crippen LogP contribution in [0.2, 0.25) is 0 Å². The monoisotopic (exact) mass is 250 g/mol. The Morgan fingerprint density at radius 1 is 1.15 bits per heavy atom. The Labute approximate surface area is 91.4 Å². The van der Waals surface area contributed by atoms with Gasteiger partial charge in [0.2, 0.25) is 0 Å². The van der Waals surface area contributed by atoms with E-state index in [-0.39, 0.29) is 0 Å². The van der Waals surface area contributed by atoms with Gasteiger partial charge in [-0.3, -0.25) is 0 Å². The molecule has 2 heteroatoms. The third-order valence-electron chi connectivity index (χ3n) is 2.23. The van der Waals surface area contributed by atoms with Gasteiger partial charge in [-0.05, 0) is 24.2 Å². The first-order valence-corrected chi connectivity index (χ1v) is 6.33. The molecule has 0 rings (SSSR count). The number of hydrogen-bond donors (Lipinski definition) is 0. The molecular weight excluding hydrogens is 228 g/mol. The molecule has 0 aromatic carbocycles. The second kappa shape index (κ2) is 7.81. The Bertz CT molecular complexity index is 113. The van der Waals surface area contributed by atoms with E-state index in [4.69, 9.17) is 4.74 Å². The van der Waals surface area contributed by atoms with Gasteiger partial charge in [-0.2, -0.15) is 0 Å². The molecule has 80 valence electrons. The quantitative estimate of drug-likeness (QED) is 0.495. The molecule has 0 bridgehead atoms. The van der Waals surface area contributed by atoms with Crippen molar-refractivity contribution < 1.29 is 4.74 Å². The van der Waals surface area contributed by atoms with Gasteiger partial charge in [0.15, 0.2) is 0 Å². The molecule has 0 heterocycles. The Kier molecular flexibility index (Phi) is 8.07. The maximum Gasteiger partial charge on any atom is 0.0488 e. The van der Waals surface area contributed by atoms with Crippen LogP contribution in [-0.2, 0) is 4.74 Å². The van der Waals surface area contributed by atoms with Crippen LogP contribution in [0, 0.1) is 17.8 Å². The van der Waals surface area contributed by atoms with Crippen molar-refractivity contribution >= 4 is 15.9 Å². The van der Waals surface area contributed by atoms with Crippen LogP contribution in [0.15, 0.2) is 0 Å². The summed E-state index contributed by atoms with van der Waals surface area (Å²) >= 11 is 3.54. The Hall–Kier alpha value is 0.440. The smallest absolute Gasteiger partial charge is 0.0488 e. The van der Waals surface area contributed by atoms with Crippen LogP contribution in [0.4, 0.5) is 0 Å². The summed E-state index contributed by atoms with van der Waals surface area (Å²) in [7, 11) is 0. The van der Waals surface area contributed by atoms with E-state index in [2.05, 4.69) is 43.6 Å². The lowest BCUT2D eigenvalue weighted by Crippen LogP contribution is -2.14. The molecule has 0 amide bonds. The maximum absolute atomic E-state index is 5.56. The van der Waals surface area contributed by atoms with Crippen LogP contribution in [0.3, 0.4) is 0 Å². The van der Waals surface area contributed by atoms with Crippen molar-refractivity contribution in [1.29, 1.82) is 0 Å². The zero-order valence-electron chi connectivity index (χ0n) is 9.35. The second-order valence-corrected chi connectivity index (χ2v) is 5.06. The van der Waals surface area contributed by atoms with E-state index < -0.39 is 0 Å². The molecule has 0 aromatic rings. The summed E-state index contributed by atoms with van der Waals surface area (Å²) in [6.07, 6.45) is 1.18. The van der Waals surface area contributed by atoms with Crippen molar-refractivity contribution in [3.63, 3.8) is 0 Å². The average Bonchev–Trinajstić information content (AvgIpc) is 2.03. The molecule has 0 spiro atoms. The van der Waals surface area contributed by atoms with Crippen LogP contribution < -0.4 is 0 Å². The van der Waals surface area contributed by atoms with E-state index in [0.29, 0.717) is 5.92 Å². The second-order valence-electron chi connectivity index (χ2n) is 4.42. The lowest BCUT2D eigenvalue weighted by molar-refractivity contribution is 0.0954. The average molecular weight is 251 g/mol. The summed E-state index contributed by atoms with van der Waals surface area (Å²) in [5.74, 6) is 2.16. The van der Waals surface area contributed by atoms with Crippen LogP contribution in [-0.4, -0.2) is 18.5 Å². The molecule has 0 saturated heterocycles. The number of rotatable bonds is 7. The predicted molar refractivity (Wildman–Crippen MR) is 62.4 cm³/mol. The molecular formula is C11H23BrO. The SMILES string of the molecule is CC(C)COCCC(CBr)C(C)C. The molecule has 0 fully saturated rings. The maximum atomic E-state index is 5.56. The lowest BCUT2D eigenvalue weighted by atomic mass is 9.95. The topological polar surface area (TPSA) is 9.23 Å². The van der Waals surface area contributed by atoms with Gasteiger partial charge in [0.25, 0.3) is 0 Å². The van der Waals surface area contributed by atoms with Crippen molar-refractivity contribution in [3.8, 4) is 0 Å². The predicted octanol–water partition coefficient (Wildman–Crippen LogP) is 3.72. The molecule has 1 unspecified atom stereocenters. The Morgan fingerprint density at radius 3 is 2.15 bits per heavy atom. The van der Waals surface area contributed by atoms with E-state index in [0.717, 1.165) is 30.4 Å². The summed E-state index contributed by atoms with van der Waals surface area (Å²) in [4.78, 5) is 0. The van der Waals surface area contributed by atoms with Gasteiger partial charge in [0.05, 0.1) is 0 Å². The lowest BCUT2D eigenvalue weighted by Gasteiger charge is -2.18. The first kappa shape index (κ1) is 13.4. The summed E-state index contributed by atoms with van der Waals surface area (Å²) < 4.78 is 5.56. The van der Waals surface area contributed by atoms with Crippen LogP contribution in [0.1, 0.15) is 34.1 Å². The number of alkyl halides is 1. The highest BCUT2D eigenvalue weighted by Gasteiger charge is 2.11. The van der Waals surface area contributed by atoms with Gasteiger partial charge in [-0.25, -0.2) is 0 Å². The van der Waals surface area contributed by atoms with Gasteiger partial charge in [0, 0.05) is 18.5 Å². The van der Waals surface area contributed by atoms with Gasteiger partial charge < -0.3 is 4.74 Å². The summed E-state index contributed by atoms with van der Waals surface area (Å²) in [6, 6.07) is 0. The van der Waals surface area contributed by atoms with Crippen molar-refractivity contribution in [2.24, 2.45) is 17.8 Å². The molecule has 0 radical (unpaired) electrons. The minimum atomic E-state index is 0.654. The molecule has 0 N–H and O–H groups in total. The van der Waals surface area contributed by atoms with Gasteiger partial charge >= 0.3 is 0 Å². The fourth-order valence-electron chi connectivity index (χ4n) is 1.14. The Morgan fingerprint density at radius 2 is 1.77 bits per heavy atom. The fraction of sp³-hybridized carbons (Fsp3) is 1.00. The summed E-state index contributed by atoms with van der Waals surface area (Å²) in [5, 5.41) is 1.09. The highest BCUT2D eigenvalue weighted by molar-refractivity contribution is 9.09. The molecule has 0 aliphatic rings. The normalized spacial score (nSPS) is 14.1. The largest absolute Gasteiger partial charge is 0.381 e. The van der Waals surface area contributed by atoms with Crippen LogP contribution in [0.25, 0.3) is 0 Å². The van der Waals surface area contributed by atoms with Crippen molar-refractivity contribution in [3.05, 3.63) is 0 Å². The third-order valence-corrected chi connectivity index (χ3v) is 3.06. The van der Waals surface area contributed by atoms with E-state index in [1.54, 1.807) is 0 Å². The first-order chi connectivity index (χ1) is 6.07.